The molecule has 0 saturated heterocycles. The third kappa shape index (κ3) is 3.93. The zero-order valence-corrected chi connectivity index (χ0v) is 15.3. The van der Waals surface area contributed by atoms with E-state index in [-0.39, 0.29) is 41.6 Å². The fourth-order valence-electron chi connectivity index (χ4n) is 3.08. The van der Waals surface area contributed by atoms with Crippen molar-refractivity contribution in [3.8, 4) is 0 Å². The average molecular weight is 369 g/mol. The van der Waals surface area contributed by atoms with Crippen LogP contribution in [0.1, 0.15) is 45.7 Å². The molecule has 1 aliphatic rings. The maximum absolute atomic E-state index is 12.8. The lowest BCUT2D eigenvalue weighted by atomic mass is 10.1. The molecule has 7 nitrogen and oxygen atoms in total. The van der Waals surface area contributed by atoms with Gasteiger partial charge in [0.05, 0.1) is 11.6 Å². The van der Waals surface area contributed by atoms with Gasteiger partial charge in [-0.05, 0) is 25.0 Å². The Morgan fingerprint density at radius 3 is 2.56 bits per heavy atom. The molecular weight excluding hydrogens is 346 g/mol. The molecule has 3 N–H and O–H groups in total. The Labute approximate surface area is 157 Å². The van der Waals surface area contributed by atoms with Gasteiger partial charge in [0.2, 0.25) is 0 Å². The van der Waals surface area contributed by atoms with E-state index in [9.17, 15) is 14.4 Å². The number of carbonyl (C=O) groups is 2. The van der Waals surface area contributed by atoms with Crippen LogP contribution in [0.3, 0.4) is 0 Å². The summed E-state index contributed by atoms with van der Waals surface area (Å²) in [7, 11) is 1.44. The number of carbonyl (C=O) groups excluding carboxylic acids is 2. The molecule has 3 rings (SSSR count). The van der Waals surface area contributed by atoms with Crippen LogP contribution < -0.4 is 16.2 Å². The molecule has 1 heterocycles. The van der Waals surface area contributed by atoms with Gasteiger partial charge in [-0.2, -0.15) is 0 Å². The summed E-state index contributed by atoms with van der Waals surface area (Å²) in [5.74, 6) is -0.833. The van der Waals surface area contributed by atoms with E-state index in [1.807, 2.05) is 37.3 Å². The summed E-state index contributed by atoms with van der Waals surface area (Å²) in [6, 6.07) is 10.3. The zero-order chi connectivity index (χ0) is 19.6. The van der Waals surface area contributed by atoms with E-state index in [1.54, 1.807) is 0 Å². The smallest absolute Gasteiger partial charge is 0.264 e. The first-order valence-electron chi connectivity index (χ1n) is 8.91. The molecule has 3 atom stereocenters. The standard InChI is InChI=1S/C20H23N3O4/c1-12(13-6-4-3-5-7-13)23-10-14(8-16(20(23)27)19(26)21-2)18(25)22-17-9-15(17)11-24/h3-8,10,12,15,17,24H,9,11H2,1-2H3,(H,21,26)(H,22,25). The second-order valence-corrected chi connectivity index (χ2v) is 6.78. The summed E-state index contributed by atoms with van der Waals surface area (Å²) < 4.78 is 1.41. The number of benzene rings is 1. The van der Waals surface area contributed by atoms with Crippen LogP contribution in [-0.2, 0) is 0 Å². The van der Waals surface area contributed by atoms with E-state index in [4.69, 9.17) is 5.11 Å². The van der Waals surface area contributed by atoms with Gasteiger partial charge >= 0.3 is 0 Å². The van der Waals surface area contributed by atoms with Crippen LogP contribution in [0.25, 0.3) is 0 Å². The van der Waals surface area contributed by atoms with E-state index in [1.165, 1.54) is 23.9 Å². The van der Waals surface area contributed by atoms with E-state index in [0.29, 0.717) is 0 Å². The minimum atomic E-state index is -0.539. The summed E-state index contributed by atoms with van der Waals surface area (Å²) in [6.45, 7) is 1.87. The Kier molecular flexibility index (Phi) is 5.41. The number of pyridine rings is 1. The lowest BCUT2D eigenvalue weighted by Gasteiger charge is -2.18. The van der Waals surface area contributed by atoms with Crippen LogP contribution in [0.5, 0.6) is 0 Å². The van der Waals surface area contributed by atoms with E-state index in [0.717, 1.165) is 12.0 Å². The van der Waals surface area contributed by atoms with Crippen molar-refractivity contribution in [1.82, 2.24) is 15.2 Å². The van der Waals surface area contributed by atoms with Gasteiger partial charge in [-0.15, -0.1) is 0 Å². The number of hydrogen-bond acceptors (Lipinski definition) is 4. The molecule has 142 valence electrons. The average Bonchev–Trinajstić information content (AvgIpc) is 3.45. The number of aliphatic hydroxyl groups is 1. The van der Waals surface area contributed by atoms with Crippen LogP contribution in [0.4, 0.5) is 0 Å². The summed E-state index contributed by atoms with van der Waals surface area (Å²) in [5.41, 5.74) is 0.589. The highest BCUT2D eigenvalue weighted by molar-refractivity contribution is 5.99. The van der Waals surface area contributed by atoms with Gasteiger partial charge in [0.1, 0.15) is 5.56 Å². The second kappa shape index (κ2) is 7.75. The molecule has 1 aromatic carbocycles. The van der Waals surface area contributed by atoms with Crippen molar-refractivity contribution in [3.63, 3.8) is 0 Å². The number of aliphatic hydroxyl groups excluding tert-OH is 1. The second-order valence-electron chi connectivity index (χ2n) is 6.78. The van der Waals surface area contributed by atoms with E-state index < -0.39 is 11.5 Å². The van der Waals surface area contributed by atoms with E-state index >= 15 is 0 Å². The van der Waals surface area contributed by atoms with Crippen molar-refractivity contribution in [2.45, 2.75) is 25.4 Å². The van der Waals surface area contributed by atoms with Crippen LogP contribution in [0.2, 0.25) is 0 Å². The molecule has 2 aromatic rings. The quantitative estimate of drug-likeness (QED) is 0.705. The Morgan fingerprint density at radius 1 is 1.26 bits per heavy atom. The van der Waals surface area contributed by atoms with Crippen LogP contribution >= 0.6 is 0 Å². The van der Waals surface area contributed by atoms with Gasteiger partial charge in [-0.1, -0.05) is 30.3 Å². The first-order valence-corrected chi connectivity index (χ1v) is 8.91. The lowest BCUT2D eigenvalue weighted by Crippen LogP contribution is -2.35. The molecular formula is C20H23N3O4. The van der Waals surface area contributed by atoms with Crippen molar-refractivity contribution in [2.24, 2.45) is 5.92 Å². The van der Waals surface area contributed by atoms with Crippen LogP contribution in [0, 0.1) is 5.92 Å². The normalized spacial score (nSPS) is 19.2. The number of nitrogens with one attached hydrogen (secondary N) is 2. The minimum Gasteiger partial charge on any atom is -0.396 e. The molecule has 1 saturated carbocycles. The topological polar surface area (TPSA) is 100 Å². The predicted octanol–water partition coefficient (Wildman–Crippen LogP) is 0.928. The predicted molar refractivity (Wildman–Crippen MR) is 101 cm³/mol. The molecule has 0 bridgehead atoms. The van der Waals surface area contributed by atoms with Crippen molar-refractivity contribution in [1.29, 1.82) is 0 Å². The Balaban J connectivity index is 2.00. The highest BCUT2D eigenvalue weighted by Crippen LogP contribution is 2.29. The van der Waals surface area contributed by atoms with Crippen molar-refractivity contribution < 1.29 is 14.7 Å². The monoisotopic (exact) mass is 369 g/mol. The molecule has 0 spiro atoms. The molecule has 0 aliphatic heterocycles. The number of rotatable bonds is 6. The van der Waals surface area contributed by atoms with Gasteiger partial charge in [-0.25, -0.2) is 0 Å². The number of aromatic nitrogens is 1. The maximum Gasteiger partial charge on any atom is 0.264 e. The fraction of sp³-hybridized carbons (Fsp3) is 0.350. The molecule has 0 radical (unpaired) electrons. The van der Waals surface area contributed by atoms with Gasteiger partial charge in [0, 0.05) is 31.8 Å². The van der Waals surface area contributed by atoms with Crippen LogP contribution in [0.15, 0.2) is 47.4 Å². The Bertz CT molecular complexity index is 907. The first kappa shape index (κ1) is 18.8. The summed E-state index contributed by atoms with van der Waals surface area (Å²) in [4.78, 5) is 37.6. The van der Waals surface area contributed by atoms with Gasteiger partial charge < -0.3 is 20.3 Å². The lowest BCUT2D eigenvalue weighted by molar-refractivity contribution is 0.0946. The number of hydrogen-bond donors (Lipinski definition) is 3. The minimum absolute atomic E-state index is 0.0268. The molecule has 1 aromatic heterocycles. The molecule has 1 fully saturated rings. The van der Waals surface area contributed by atoms with Crippen molar-refractivity contribution in [3.05, 3.63) is 69.6 Å². The van der Waals surface area contributed by atoms with Crippen molar-refractivity contribution >= 4 is 11.8 Å². The molecule has 3 unspecified atom stereocenters. The molecule has 2 amide bonds. The SMILES string of the molecule is CNC(=O)c1cc(C(=O)NC2CC2CO)cn(C(C)c2ccccc2)c1=O. The fourth-order valence-corrected chi connectivity index (χ4v) is 3.08. The van der Waals surface area contributed by atoms with E-state index in [2.05, 4.69) is 10.6 Å². The third-order valence-corrected chi connectivity index (χ3v) is 4.95. The Morgan fingerprint density at radius 2 is 1.96 bits per heavy atom. The summed E-state index contributed by atoms with van der Waals surface area (Å²) in [6.07, 6.45) is 2.21. The first-order chi connectivity index (χ1) is 13.0. The Hall–Kier alpha value is -2.93. The zero-order valence-electron chi connectivity index (χ0n) is 15.3. The highest BCUT2D eigenvalue weighted by Gasteiger charge is 2.37. The molecule has 7 heteroatoms. The molecule has 27 heavy (non-hydrogen) atoms. The number of amides is 2. The summed E-state index contributed by atoms with van der Waals surface area (Å²) in [5, 5.41) is 14.4. The van der Waals surface area contributed by atoms with Gasteiger partial charge in [0.15, 0.2) is 0 Å². The molecule has 1 aliphatic carbocycles. The maximum atomic E-state index is 12.8. The van der Waals surface area contributed by atoms with Crippen molar-refractivity contribution in [2.75, 3.05) is 13.7 Å². The van der Waals surface area contributed by atoms with Gasteiger partial charge in [0.25, 0.3) is 17.4 Å². The number of nitrogens with zero attached hydrogens (tertiary/aromatic N) is 1. The third-order valence-electron chi connectivity index (χ3n) is 4.95. The summed E-state index contributed by atoms with van der Waals surface area (Å²) >= 11 is 0. The highest BCUT2D eigenvalue weighted by atomic mass is 16.3. The van der Waals surface area contributed by atoms with Crippen LogP contribution in [-0.4, -0.2) is 41.2 Å². The largest absolute Gasteiger partial charge is 0.396 e. The van der Waals surface area contributed by atoms with Gasteiger partial charge in [-0.3, -0.25) is 14.4 Å².